The van der Waals surface area contributed by atoms with Gasteiger partial charge in [-0.3, -0.25) is 9.59 Å². The summed E-state index contributed by atoms with van der Waals surface area (Å²) in [6.07, 6.45) is 0.410. The molecule has 17 heavy (non-hydrogen) atoms. The summed E-state index contributed by atoms with van der Waals surface area (Å²) < 4.78 is 0. The molecule has 5 nitrogen and oxygen atoms in total. The number of carbonyl (C=O) groups excluding carboxylic acids is 2. The number of fused-ring (bicyclic) bond motifs is 1. The number of nitrogens with zero attached hydrogens (tertiary/aromatic N) is 1. The Balaban J connectivity index is 2.11. The molecule has 1 aliphatic rings. The molecule has 2 amide bonds. The quantitative estimate of drug-likeness (QED) is 0.762. The van der Waals surface area contributed by atoms with Crippen LogP contribution in [0, 0.1) is 0 Å². The summed E-state index contributed by atoms with van der Waals surface area (Å²) in [5.41, 5.74) is 2.83. The number of nitrogens with one attached hydrogen (secondary N) is 1. The van der Waals surface area contributed by atoms with Crippen molar-refractivity contribution in [2.75, 3.05) is 18.6 Å². The highest BCUT2D eigenvalue weighted by Gasteiger charge is 2.23. The Morgan fingerprint density at radius 3 is 3.00 bits per heavy atom. The van der Waals surface area contributed by atoms with Gasteiger partial charge in [0.1, 0.15) is 6.61 Å². The van der Waals surface area contributed by atoms with E-state index in [2.05, 4.69) is 5.32 Å². The predicted molar refractivity (Wildman–Crippen MR) is 62.5 cm³/mol. The fourth-order valence-corrected chi connectivity index (χ4v) is 1.89. The predicted octanol–water partition coefficient (Wildman–Crippen LogP) is -0.186. The minimum absolute atomic E-state index is 0.0801. The zero-order valence-corrected chi connectivity index (χ0v) is 9.56. The van der Waals surface area contributed by atoms with E-state index in [0.717, 1.165) is 16.8 Å². The first-order valence-corrected chi connectivity index (χ1v) is 5.37. The average Bonchev–Trinajstić information content (AvgIpc) is 2.62. The molecule has 5 heteroatoms. The van der Waals surface area contributed by atoms with Crippen molar-refractivity contribution in [1.82, 2.24) is 5.32 Å². The molecule has 1 aromatic rings. The Morgan fingerprint density at radius 1 is 1.53 bits per heavy atom. The van der Waals surface area contributed by atoms with Crippen LogP contribution in [0.15, 0.2) is 18.2 Å². The van der Waals surface area contributed by atoms with Crippen molar-refractivity contribution in [1.29, 1.82) is 0 Å². The molecular weight excluding hydrogens is 220 g/mol. The Kier molecular flexibility index (Phi) is 3.10. The molecule has 0 saturated carbocycles. The van der Waals surface area contributed by atoms with Gasteiger partial charge in [0.15, 0.2) is 0 Å². The van der Waals surface area contributed by atoms with Crippen LogP contribution in [0.5, 0.6) is 0 Å². The summed E-state index contributed by atoms with van der Waals surface area (Å²) in [7, 11) is 1.75. The van der Waals surface area contributed by atoms with Crippen molar-refractivity contribution in [3.05, 3.63) is 29.3 Å². The van der Waals surface area contributed by atoms with E-state index in [-0.39, 0.29) is 5.91 Å². The molecule has 0 saturated heterocycles. The van der Waals surface area contributed by atoms with Crippen LogP contribution in [0.3, 0.4) is 0 Å². The van der Waals surface area contributed by atoms with Crippen LogP contribution < -0.4 is 10.2 Å². The van der Waals surface area contributed by atoms with Crippen LogP contribution in [0.1, 0.15) is 11.1 Å². The first-order chi connectivity index (χ1) is 8.11. The number of rotatable bonds is 3. The summed E-state index contributed by atoms with van der Waals surface area (Å²) in [4.78, 5) is 24.0. The summed E-state index contributed by atoms with van der Waals surface area (Å²) in [6.45, 7) is -0.142. The lowest BCUT2D eigenvalue weighted by Crippen LogP contribution is -2.25. The summed E-state index contributed by atoms with van der Waals surface area (Å²) in [6, 6.07) is 5.65. The number of hydrogen-bond acceptors (Lipinski definition) is 3. The molecule has 0 aromatic heterocycles. The topological polar surface area (TPSA) is 69.6 Å². The minimum Gasteiger partial charge on any atom is -0.387 e. The van der Waals surface area contributed by atoms with Gasteiger partial charge in [0, 0.05) is 19.3 Å². The van der Waals surface area contributed by atoms with Crippen molar-refractivity contribution in [2.45, 2.75) is 13.0 Å². The molecular formula is C12H14N2O3. The Labute approximate surface area is 99.0 Å². The second-order valence-electron chi connectivity index (χ2n) is 4.03. The van der Waals surface area contributed by atoms with E-state index in [9.17, 15) is 9.59 Å². The molecule has 0 fully saturated rings. The van der Waals surface area contributed by atoms with Gasteiger partial charge < -0.3 is 15.3 Å². The molecule has 0 atom stereocenters. The zero-order valence-electron chi connectivity index (χ0n) is 9.56. The van der Waals surface area contributed by atoms with Crippen molar-refractivity contribution in [3.63, 3.8) is 0 Å². The lowest BCUT2D eigenvalue weighted by Gasteiger charge is -2.10. The van der Waals surface area contributed by atoms with E-state index < -0.39 is 12.5 Å². The van der Waals surface area contributed by atoms with Crippen molar-refractivity contribution < 1.29 is 14.7 Å². The van der Waals surface area contributed by atoms with E-state index in [1.807, 2.05) is 18.2 Å². The van der Waals surface area contributed by atoms with Gasteiger partial charge in [0.2, 0.25) is 11.8 Å². The highest BCUT2D eigenvalue weighted by atomic mass is 16.3. The van der Waals surface area contributed by atoms with E-state index in [4.69, 9.17) is 5.11 Å². The standard InChI is InChI=1S/C12H14N2O3/c1-14-10-3-2-8(6-13-11(16)7-15)4-9(10)5-12(14)17/h2-4,15H,5-7H2,1H3,(H,13,16). The number of aliphatic hydroxyl groups is 1. The third-order valence-electron chi connectivity index (χ3n) is 2.85. The number of aliphatic hydroxyl groups excluding tert-OH is 1. The molecule has 1 heterocycles. The molecule has 2 N–H and O–H groups in total. The van der Waals surface area contributed by atoms with E-state index in [1.165, 1.54) is 0 Å². The fourth-order valence-electron chi connectivity index (χ4n) is 1.89. The Morgan fingerprint density at radius 2 is 2.29 bits per heavy atom. The molecule has 1 aromatic carbocycles. The average molecular weight is 234 g/mol. The normalized spacial score (nSPS) is 13.8. The molecule has 0 aliphatic carbocycles. The van der Waals surface area contributed by atoms with Gasteiger partial charge >= 0.3 is 0 Å². The van der Waals surface area contributed by atoms with Gasteiger partial charge in [0.05, 0.1) is 6.42 Å². The largest absolute Gasteiger partial charge is 0.387 e. The summed E-state index contributed by atoms with van der Waals surface area (Å²) in [5.74, 6) is -0.324. The van der Waals surface area contributed by atoms with Gasteiger partial charge in [-0.05, 0) is 17.2 Å². The first-order valence-electron chi connectivity index (χ1n) is 5.37. The third-order valence-corrected chi connectivity index (χ3v) is 2.85. The molecule has 0 radical (unpaired) electrons. The van der Waals surface area contributed by atoms with Gasteiger partial charge in [-0.1, -0.05) is 12.1 Å². The van der Waals surface area contributed by atoms with Gasteiger partial charge in [-0.2, -0.15) is 0 Å². The lowest BCUT2D eigenvalue weighted by molar-refractivity contribution is -0.124. The number of carbonyl (C=O) groups is 2. The van der Waals surface area contributed by atoms with Gasteiger partial charge in [-0.15, -0.1) is 0 Å². The van der Waals surface area contributed by atoms with E-state index >= 15 is 0 Å². The second kappa shape index (κ2) is 4.55. The smallest absolute Gasteiger partial charge is 0.245 e. The lowest BCUT2D eigenvalue weighted by atomic mass is 10.1. The van der Waals surface area contributed by atoms with Crippen molar-refractivity contribution in [3.8, 4) is 0 Å². The number of anilines is 1. The Hall–Kier alpha value is -1.88. The van der Waals surface area contributed by atoms with Gasteiger partial charge in [0.25, 0.3) is 0 Å². The highest BCUT2D eigenvalue weighted by molar-refractivity contribution is 6.00. The van der Waals surface area contributed by atoms with Crippen molar-refractivity contribution in [2.24, 2.45) is 0 Å². The molecule has 0 unspecified atom stereocenters. The maximum atomic E-state index is 11.5. The second-order valence-corrected chi connectivity index (χ2v) is 4.03. The van der Waals surface area contributed by atoms with Gasteiger partial charge in [-0.25, -0.2) is 0 Å². The van der Waals surface area contributed by atoms with Crippen LogP contribution >= 0.6 is 0 Å². The summed E-state index contributed by atoms with van der Waals surface area (Å²) in [5, 5.41) is 11.1. The van der Waals surface area contributed by atoms with Crippen LogP contribution in [-0.2, 0) is 22.6 Å². The molecule has 0 spiro atoms. The Bertz CT molecular complexity index is 471. The highest BCUT2D eigenvalue weighted by Crippen LogP contribution is 2.28. The van der Waals surface area contributed by atoms with Crippen molar-refractivity contribution >= 4 is 17.5 Å². The van der Waals surface area contributed by atoms with Crippen LogP contribution in [0.25, 0.3) is 0 Å². The van der Waals surface area contributed by atoms with E-state index in [1.54, 1.807) is 11.9 Å². The maximum Gasteiger partial charge on any atom is 0.245 e. The monoisotopic (exact) mass is 234 g/mol. The van der Waals surface area contributed by atoms with Crippen LogP contribution in [-0.4, -0.2) is 30.6 Å². The number of hydrogen-bond donors (Lipinski definition) is 2. The molecule has 0 bridgehead atoms. The van der Waals surface area contributed by atoms with Crippen LogP contribution in [0.2, 0.25) is 0 Å². The first kappa shape index (κ1) is 11.6. The number of likely N-dealkylation sites (N-methyl/N-ethyl adjacent to an activating group) is 1. The SMILES string of the molecule is CN1C(=O)Cc2cc(CNC(=O)CO)ccc21. The maximum absolute atomic E-state index is 11.5. The third kappa shape index (κ3) is 2.29. The number of benzene rings is 1. The molecule has 90 valence electrons. The molecule has 2 rings (SSSR count). The number of amides is 2. The molecule has 1 aliphatic heterocycles. The zero-order chi connectivity index (χ0) is 12.4. The minimum atomic E-state index is -0.508. The summed E-state index contributed by atoms with van der Waals surface area (Å²) >= 11 is 0. The van der Waals surface area contributed by atoms with Crippen LogP contribution in [0.4, 0.5) is 5.69 Å². The van der Waals surface area contributed by atoms with E-state index in [0.29, 0.717) is 13.0 Å². The fraction of sp³-hybridized carbons (Fsp3) is 0.333.